The highest BCUT2D eigenvalue weighted by molar-refractivity contribution is 7.93. The molecule has 0 spiro atoms. The fourth-order valence-electron chi connectivity index (χ4n) is 1.58. The maximum atomic E-state index is 11.8. The second-order valence-electron chi connectivity index (χ2n) is 4.11. The lowest BCUT2D eigenvalue weighted by molar-refractivity contribution is 0.600. The molecule has 0 bridgehead atoms. The molecule has 2 rings (SSSR count). The van der Waals surface area contributed by atoms with E-state index in [9.17, 15) is 8.42 Å². The molecule has 1 aliphatic rings. The van der Waals surface area contributed by atoms with Crippen molar-refractivity contribution in [1.29, 1.82) is 0 Å². The summed E-state index contributed by atoms with van der Waals surface area (Å²) in [5, 5.41) is -0.170. The third kappa shape index (κ3) is 2.15. The van der Waals surface area contributed by atoms with E-state index in [0.29, 0.717) is 0 Å². The Labute approximate surface area is 90.6 Å². The van der Waals surface area contributed by atoms with Gasteiger partial charge in [-0.2, -0.15) is 0 Å². The molecule has 1 aromatic rings. The van der Waals surface area contributed by atoms with Gasteiger partial charge in [-0.25, -0.2) is 8.42 Å². The minimum absolute atomic E-state index is 0.170. The molecule has 15 heavy (non-hydrogen) atoms. The highest BCUT2D eigenvalue weighted by atomic mass is 32.2. The van der Waals surface area contributed by atoms with Crippen LogP contribution < -0.4 is 4.72 Å². The molecule has 82 valence electrons. The summed E-state index contributed by atoms with van der Waals surface area (Å²) in [6.07, 6.45) is 1.58. The molecule has 0 radical (unpaired) electrons. The lowest BCUT2D eigenvalue weighted by atomic mass is 10.1. The Kier molecular flexibility index (Phi) is 2.46. The van der Waals surface area contributed by atoms with Crippen molar-refractivity contribution in [2.75, 3.05) is 4.72 Å². The van der Waals surface area contributed by atoms with E-state index in [1.165, 1.54) is 0 Å². The molecule has 0 heterocycles. The summed E-state index contributed by atoms with van der Waals surface area (Å²) in [5.41, 5.74) is 2.68. The number of anilines is 1. The van der Waals surface area contributed by atoms with E-state index in [1.54, 1.807) is 0 Å². The van der Waals surface area contributed by atoms with Crippen molar-refractivity contribution < 1.29 is 8.42 Å². The zero-order chi connectivity index (χ0) is 11.1. The van der Waals surface area contributed by atoms with Gasteiger partial charge in [0, 0.05) is 0 Å². The lowest BCUT2D eigenvalue weighted by Gasteiger charge is -2.12. The zero-order valence-corrected chi connectivity index (χ0v) is 9.76. The number of benzene rings is 1. The Morgan fingerprint density at radius 2 is 1.73 bits per heavy atom. The largest absolute Gasteiger partial charge is 0.283 e. The van der Waals surface area contributed by atoms with E-state index >= 15 is 0 Å². The molecular weight excluding hydrogens is 210 g/mol. The Hall–Kier alpha value is -1.03. The maximum absolute atomic E-state index is 11.8. The average Bonchev–Trinajstić information content (AvgIpc) is 2.94. The number of para-hydroxylation sites is 1. The number of aryl methyl sites for hydroxylation is 2. The molecule has 1 fully saturated rings. The van der Waals surface area contributed by atoms with Crippen molar-refractivity contribution in [3.8, 4) is 0 Å². The second-order valence-corrected chi connectivity index (χ2v) is 6.07. The highest BCUT2D eigenvalue weighted by Gasteiger charge is 2.36. The van der Waals surface area contributed by atoms with Crippen LogP contribution in [0.1, 0.15) is 24.0 Å². The van der Waals surface area contributed by atoms with E-state index in [0.717, 1.165) is 29.7 Å². The first-order chi connectivity index (χ1) is 7.00. The smallest absolute Gasteiger partial charge is 0.235 e. The van der Waals surface area contributed by atoms with Crippen LogP contribution in [-0.2, 0) is 10.0 Å². The molecule has 3 nitrogen and oxygen atoms in total. The van der Waals surface area contributed by atoms with E-state index in [2.05, 4.69) is 4.72 Å². The molecule has 0 saturated heterocycles. The van der Waals surface area contributed by atoms with Crippen LogP contribution >= 0.6 is 0 Å². The van der Waals surface area contributed by atoms with Gasteiger partial charge in [0.1, 0.15) is 0 Å². The quantitative estimate of drug-likeness (QED) is 0.857. The number of rotatable bonds is 3. The van der Waals surface area contributed by atoms with Gasteiger partial charge in [0.25, 0.3) is 0 Å². The number of sulfonamides is 1. The molecular formula is C11H15NO2S. The summed E-state index contributed by atoms with van der Waals surface area (Å²) >= 11 is 0. The molecule has 0 aromatic heterocycles. The van der Waals surface area contributed by atoms with Gasteiger partial charge < -0.3 is 0 Å². The van der Waals surface area contributed by atoms with Crippen molar-refractivity contribution in [3.63, 3.8) is 0 Å². The minimum Gasteiger partial charge on any atom is -0.283 e. The fourth-order valence-corrected chi connectivity index (χ4v) is 3.11. The van der Waals surface area contributed by atoms with Gasteiger partial charge in [0.15, 0.2) is 0 Å². The van der Waals surface area contributed by atoms with Crippen LogP contribution in [0.3, 0.4) is 0 Å². The van der Waals surface area contributed by atoms with Crippen molar-refractivity contribution in [2.24, 2.45) is 0 Å². The van der Waals surface area contributed by atoms with Gasteiger partial charge in [-0.05, 0) is 37.8 Å². The van der Waals surface area contributed by atoms with Crippen molar-refractivity contribution >= 4 is 15.7 Å². The van der Waals surface area contributed by atoms with Crippen molar-refractivity contribution in [2.45, 2.75) is 31.9 Å². The third-order valence-corrected chi connectivity index (χ3v) is 4.53. The summed E-state index contributed by atoms with van der Waals surface area (Å²) in [7, 11) is -3.14. The molecule has 1 N–H and O–H groups in total. The minimum atomic E-state index is -3.14. The SMILES string of the molecule is Cc1cccc(C)c1NS(=O)(=O)C1CC1. The van der Waals surface area contributed by atoms with Gasteiger partial charge >= 0.3 is 0 Å². The third-order valence-electron chi connectivity index (χ3n) is 2.69. The predicted octanol–water partition coefficient (Wildman–Crippen LogP) is 2.21. The number of hydrogen-bond donors (Lipinski definition) is 1. The van der Waals surface area contributed by atoms with E-state index < -0.39 is 10.0 Å². The average molecular weight is 225 g/mol. The van der Waals surface area contributed by atoms with Crippen LogP contribution in [-0.4, -0.2) is 13.7 Å². The first-order valence-corrected chi connectivity index (χ1v) is 6.63. The lowest BCUT2D eigenvalue weighted by Crippen LogP contribution is -2.18. The number of hydrogen-bond acceptors (Lipinski definition) is 2. The first-order valence-electron chi connectivity index (χ1n) is 5.08. The summed E-state index contributed by atoms with van der Waals surface area (Å²) < 4.78 is 26.2. The molecule has 1 saturated carbocycles. The van der Waals surface area contributed by atoms with Crippen LogP contribution in [0.2, 0.25) is 0 Å². The molecule has 0 unspecified atom stereocenters. The predicted molar refractivity (Wildman–Crippen MR) is 61.5 cm³/mol. The zero-order valence-electron chi connectivity index (χ0n) is 8.95. The molecule has 4 heteroatoms. The van der Waals surface area contributed by atoms with E-state index in [1.807, 2.05) is 32.0 Å². The summed E-state index contributed by atoms with van der Waals surface area (Å²) in [6, 6.07) is 5.76. The van der Waals surface area contributed by atoms with Gasteiger partial charge in [0.2, 0.25) is 10.0 Å². The van der Waals surface area contributed by atoms with Gasteiger partial charge in [-0.15, -0.1) is 0 Å². The fraction of sp³-hybridized carbons (Fsp3) is 0.455. The first kappa shape index (κ1) is 10.5. The Bertz CT molecular complexity index is 455. The van der Waals surface area contributed by atoms with Crippen molar-refractivity contribution in [3.05, 3.63) is 29.3 Å². The topological polar surface area (TPSA) is 46.2 Å². The second kappa shape index (κ2) is 3.52. The Morgan fingerprint density at radius 3 is 2.20 bits per heavy atom. The van der Waals surface area contributed by atoms with Crippen LogP contribution in [0.15, 0.2) is 18.2 Å². The van der Waals surface area contributed by atoms with Crippen LogP contribution in [0.5, 0.6) is 0 Å². The van der Waals surface area contributed by atoms with Gasteiger partial charge in [0.05, 0.1) is 10.9 Å². The van der Waals surface area contributed by atoms with Gasteiger partial charge in [-0.1, -0.05) is 18.2 Å². The Balaban J connectivity index is 2.31. The van der Waals surface area contributed by atoms with Crippen molar-refractivity contribution in [1.82, 2.24) is 0 Å². The molecule has 0 atom stereocenters. The summed E-state index contributed by atoms with van der Waals surface area (Å²) in [6.45, 7) is 3.83. The Morgan fingerprint density at radius 1 is 1.20 bits per heavy atom. The van der Waals surface area contributed by atoms with Crippen LogP contribution in [0.4, 0.5) is 5.69 Å². The number of nitrogens with one attached hydrogen (secondary N) is 1. The van der Waals surface area contributed by atoms with Crippen LogP contribution in [0, 0.1) is 13.8 Å². The van der Waals surface area contributed by atoms with E-state index in [4.69, 9.17) is 0 Å². The molecule has 0 aliphatic heterocycles. The normalized spacial score (nSPS) is 16.4. The van der Waals surface area contributed by atoms with Crippen LogP contribution in [0.25, 0.3) is 0 Å². The molecule has 1 aromatic carbocycles. The monoisotopic (exact) mass is 225 g/mol. The summed E-state index contributed by atoms with van der Waals surface area (Å²) in [4.78, 5) is 0. The standard InChI is InChI=1S/C11H15NO2S/c1-8-4-3-5-9(2)11(8)12-15(13,14)10-6-7-10/h3-5,10,12H,6-7H2,1-2H3. The van der Waals surface area contributed by atoms with E-state index in [-0.39, 0.29) is 5.25 Å². The van der Waals surface area contributed by atoms with Gasteiger partial charge in [-0.3, -0.25) is 4.72 Å². The molecule has 0 amide bonds. The maximum Gasteiger partial charge on any atom is 0.235 e. The summed E-state index contributed by atoms with van der Waals surface area (Å²) in [5.74, 6) is 0. The highest BCUT2D eigenvalue weighted by Crippen LogP contribution is 2.31. The molecule has 1 aliphatic carbocycles.